The third-order valence-corrected chi connectivity index (χ3v) is 6.74. The van der Waals surface area contributed by atoms with Crippen LogP contribution in [0.5, 0.6) is 5.75 Å². The van der Waals surface area contributed by atoms with Gasteiger partial charge in [-0.25, -0.2) is 0 Å². The molecule has 2 aromatic carbocycles. The van der Waals surface area contributed by atoms with Crippen molar-refractivity contribution in [2.75, 3.05) is 57.9 Å². The first-order valence-electron chi connectivity index (χ1n) is 10.9. The summed E-state index contributed by atoms with van der Waals surface area (Å²) in [6, 6.07) is 16.4. The fraction of sp³-hybridized carbons (Fsp3) is 0.458. The summed E-state index contributed by atoms with van der Waals surface area (Å²) in [5.74, 6) is 1.50. The van der Waals surface area contributed by atoms with Crippen molar-refractivity contribution in [3.8, 4) is 5.75 Å². The molecule has 2 aliphatic heterocycles. The Kier molecular flexibility index (Phi) is 8.90. The number of aliphatic imine (C=N–C) groups is 1. The summed E-state index contributed by atoms with van der Waals surface area (Å²) < 4.78 is 11.0. The number of anilines is 1. The molecule has 32 heavy (non-hydrogen) atoms. The second kappa shape index (κ2) is 11.4. The summed E-state index contributed by atoms with van der Waals surface area (Å²) in [6.07, 6.45) is 1.89. The summed E-state index contributed by atoms with van der Waals surface area (Å²) in [7, 11) is 1.69. The quantitative estimate of drug-likeness (QED) is 0.333. The van der Waals surface area contributed by atoms with Gasteiger partial charge in [0.15, 0.2) is 5.96 Å². The molecule has 0 spiro atoms. The molecule has 0 aliphatic carbocycles. The Morgan fingerprint density at radius 2 is 1.66 bits per heavy atom. The molecule has 0 saturated carbocycles. The van der Waals surface area contributed by atoms with Gasteiger partial charge in [0.2, 0.25) is 0 Å². The number of methoxy groups -OCH3 is 1. The van der Waals surface area contributed by atoms with Gasteiger partial charge in [-0.2, -0.15) is 0 Å². The maximum absolute atomic E-state index is 6.44. The van der Waals surface area contributed by atoms with E-state index < -0.39 is 0 Å². The molecule has 2 aliphatic rings. The first-order chi connectivity index (χ1) is 15.1. The van der Waals surface area contributed by atoms with E-state index in [1.807, 2.05) is 24.3 Å². The molecule has 2 fully saturated rings. The number of ether oxygens (including phenoxy) is 2. The van der Waals surface area contributed by atoms with Crippen molar-refractivity contribution in [3.05, 3.63) is 59.1 Å². The molecule has 0 atom stereocenters. The van der Waals surface area contributed by atoms with Crippen molar-refractivity contribution in [1.82, 2.24) is 4.90 Å². The van der Waals surface area contributed by atoms with E-state index in [4.69, 9.17) is 31.8 Å². The Hall–Kier alpha value is -1.71. The van der Waals surface area contributed by atoms with Gasteiger partial charge in [0.25, 0.3) is 0 Å². The van der Waals surface area contributed by atoms with Crippen LogP contribution in [0.25, 0.3) is 0 Å². The molecule has 0 unspecified atom stereocenters. The molecule has 0 amide bonds. The van der Waals surface area contributed by atoms with Gasteiger partial charge in [-0.05, 0) is 54.8 Å². The molecule has 0 bridgehead atoms. The Morgan fingerprint density at radius 3 is 2.25 bits per heavy atom. The fourth-order valence-corrected chi connectivity index (χ4v) is 4.55. The summed E-state index contributed by atoms with van der Waals surface area (Å²) in [6.45, 7) is 5.71. The number of rotatable bonds is 5. The van der Waals surface area contributed by atoms with E-state index in [0.717, 1.165) is 63.0 Å². The number of nitrogens with two attached hydrogens (primary N) is 1. The highest BCUT2D eigenvalue weighted by atomic mass is 127. The second-order valence-electron chi connectivity index (χ2n) is 8.25. The van der Waals surface area contributed by atoms with Crippen LogP contribution < -0.4 is 15.4 Å². The first kappa shape index (κ1) is 24.9. The van der Waals surface area contributed by atoms with E-state index in [0.29, 0.717) is 12.5 Å². The van der Waals surface area contributed by atoms with Gasteiger partial charge in [-0.15, -0.1) is 24.0 Å². The number of piperazine rings is 1. The predicted octanol–water partition coefficient (Wildman–Crippen LogP) is 4.15. The van der Waals surface area contributed by atoms with Gasteiger partial charge in [0.05, 0.1) is 13.7 Å². The van der Waals surface area contributed by atoms with E-state index in [2.05, 4.69) is 34.1 Å². The highest BCUT2D eigenvalue weighted by molar-refractivity contribution is 14.0. The summed E-state index contributed by atoms with van der Waals surface area (Å²) in [5.41, 5.74) is 8.87. The summed E-state index contributed by atoms with van der Waals surface area (Å²) in [4.78, 5) is 9.42. The van der Waals surface area contributed by atoms with Gasteiger partial charge < -0.3 is 25.0 Å². The van der Waals surface area contributed by atoms with Gasteiger partial charge in [-0.3, -0.25) is 4.99 Å². The lowest BCUT2D eigenvalue weighted by atomic mass is 9.74. The number of nitrogens with zero attached hydrogens (tertiary/aromatic N) is 3. The third-order valence-electron chi connectivity index (χ3n) is 6.49. The molecular weight excluding hydrogens is 539 g/mol. The lowest BCUT2D eigenvalue weighted by Crippen LogP contribution is -2.51. The SMILES string of the molecule is COc1ccc(C2(CN=C(N)N3CCN(c4ccc(Cl)cc4)CC3)CCOCC2)cc1.I. The van der Waals surface area contributed by atoms with Crippen LogP contribution in [0.2, 0.25) is 5.02 Å². The van der Waals surface area contributed by atoms with Crippen molar-refractivity contribution in [1.29, 1.82) is 0 Å². The molecular formula is C24H32ClIN4O2. The van der Waals surface area contributed by atoms with Crippen LogP contribution >= 0.6 is 35.6 Å². The maximum Gasteiger partial charge on any atom is 0.191 e. The van der Waals surface area contributed by atoms with E-state index in [1.165, 1.54) is 11.3 Å². The average Bonchev–Trinajstić information content (AvgIpc) is 2.84. The van der Waals surface area contributed by atoms with Crippen molar-refractivity contribution >= 4 is 47.2 Å². The smallest absolute Gasteiger partial charge is 0.191 e. The van der Waals surface area contributed by atoms with Crippen LogP contribution in [0, 0.1) is 0 Å². The lowest BCUT2D eigenvalue weighted by molar-refractivity contribution is 0.0530. The Morgan fingerprint density at radius 1 is 1.03 bits per heavy atom. The highest BCUT2D eigenvalue weighted by Crippen LogP contribution is 2.36. The molecule has 174 valence electrons. The van der Waals surface area contributed by atoms with E-state index in [-0.39, 0.29) is 29.4 Å². The van der Waals surface area contributed by atoms with Gasteiger partial charge >= 0.3 is 0 Å². The van der Waals surface area contributed by atoms with E-state index in [1.54, 1.807) is 7.11 Å². The van der Waals surface area contributed by atoms with E-state index in [9.17, 15) is 0 Å². The van der Waals surface area contributed by atoms with Crippen LogP contribution in [0.1, 0.15) is 18.4 Å². The zero-order chi connectivity index (χ0) is 21.7. The molecule has 0 radical (unpaired) electrons. The minimum absolute atomic E-state index is 0. The largest absolute Gasteiger partial charge is 0.497 e. The zero-order valence-electron chi connectivity index (χ0n) is 18.5. The van der Waals surface area contributed by atoms with Crippen molar-refractivity contribution in [3.63, 3.8) is 0 Å². The van der Waals surface area contributed by atoms with Crippen LogP contribution in [0.4, 0.5) is 5.69 Å². The molecule has 6 nitrogen and oxygen atoms in total. The molecule has 2 aromatic rings. The average molecular weight is 571 g/mol. The van der Waals surface area contributed by atoms with Crippen molar-refractivity contribution in [2.24, 2.45) is 10.7 Å². The highest BCUT2D eigenvalue weighted by Gasteiger charge is 2.34. The molecule has 2 saturated heterocycles. The minimum Gasteiger partial charge on any atom is -0.497 e. The molecule has 2 N–H and O–H groups in total. The Bertz CT molecular complexity index is 878. The number of guanidine groups is 1. The second-order valence-corrected chi connectivity index (χ2v) is 8.68. The number of benzene rings is 2. The zero-order valence-corrected chi connectivity index (χ0v) is 21.6. The fourth-order valence-electron chi connectivity index (χ4n) is 4.42. The van der Waals surface area contributed by atoms with Crippen LogP contribution in [-0.2, 0) is 10.2 Å². The summed E-state index contributed by atoms with van der Waals surface area (Å²) >= 11 is 6.01. The first-order valence-corrected chi connectivity index (χ1v) is 11.3. The minimum atomic E-state index is -0.0414. The third kappa shape index (κ3) is 5.80. The molecule has 4 rings (SSSR count). The van der Waals surface area contributed by atoms with Gasteiger partial charge in [0, 0.05) is 55.5 Å². The normalized spacial score (nSPS) is 18.8. The molecule has 0 aromatic heterocycles. The van der Waals surface area contributed by atoms with Crippen molar-refractivity contribution in [2.45, 2.75) is 18.3 Å². The van der Waals surface area contributed by atoms with Gasteiger partial charge in [-0.1, -0.05) is 23.7 Å². The number of halogens is 2. The Balaban J connectivity index is 0.00000289. The molecule has 2 heterocycles. The Labute approximate surface area is 212 Å². The van der Waals surface area contributed by atoms with Crippen LogP contribution in [-0.4, -0.2) is 63.9 Å². The predicted molar refractivity (Wildman–Crippen MR) is 142 cm³/mol. The standard InChI is InChI=1S/C24H31ClN4O2.HI/c1-30-22-8-2-19(3-9-22)24(10-16-31-17-11-24)18-27-23(26)29-14-12-28(13-15-29)21-6-4-20(25)5-7-21;/h2-9H,10-18H2,1H3,(H2,26,27);1H. The molecule has 8 heteroatoms. The van der Waals surface area contributed by atoms with Crippen molar-refractivity contribution < 1.29 is 9.47 Å². The number of hydrogen-bond donors (Lipinski definition) is 1. The maximum atomic E-state index is 6.44. The van der Waals surface area contributed by atoms with E-state index >= 15 is 0 Å². The van der Waals surface area contributed by atoms with Crippen LogP contribution in [0.3, 0.4) is 0 Å². The number of hydrogen-bond acceptors (Lipinski definition) is 4. The summed E-state index contributed by atoms with van der Waals surface area (Å²) in [5, 5.41) is 0.762. The van der Waals surface area contributed by atoms with Crippen LogP contribution in [0.15, 0.2) is 53.5 Å². The lowest BCUT2D eigenvalue weighted by Gasteiger charge is -2.38. The monoisotopic (exact) mass is 570 g/mol. The topological polar surface area (TPSA) is 63.3 Å². The van der Waals surface area contributed by atoms with Gasteiger partial charge in [0.1, 0.15) is 5.75 Å².